The smallest absolute Gasteiger partial charge is 0.333 e. The van der Waals surface area contributed by atoms with Crippen LogP contribution in [0.5, 0.6) is 0 Å². The van der Waals surface area contributed by atoms with Gasteiger partial charge in [0.15, 0.2) is 16.8 Å². The predicted molar refractivity (Wildman–Crippen MR) is 103 cm³/mol. The number of aliphatic carboxylic acids is 1. The van der Waals surface area contributed by atoms with Crippen molar-refractivity contribution in [2.45, 2.75) is 11.4 Å². The lowest BCUT2D eigenvalue weighted by Crippen LogP contribution is -2.69. The lowest BCUT2D eigenvalue weighted by molar-refractivity contribution is -0.144. The molecular formula is C14H15N5O5S3. The van der Waals surface area contributed by atoms with E-state index in [2.05, 4.69) is 15.5 Å². The number of nitrogens with two attached hydrogens (primary N) is 1. The van der Waals surface area contributed by atoms with Crippen molar-refractivity contribution in [2.75, 3.05) is 23.7 Å². The van der Waals surface area contributed by atoms with E-state index in [0.717, 1.165) is 11.3 Å². The van der Waals surface area contributed by atoms with Gasteiger partial charge in [-0.2, -0.15) is 0 Å². The van der Waals surface area contributed by atoms with Crippen molar-refractivity contribution < 1.29 is 24.3 Å². The maximum absolute atomic E-state index is 12.6. The van der Waals surface area contributed by atoms with Gasteiger partial charge in [-0.15, -0.1) is 34.9 Å². The summed E-state index contributed by atoms with van der Waals surface area (Å²) < 4.78 is 0. The standard InChI is InChI=1S/C14H15N5O5S3/c1-25-5-24-18-8(7-4-27-14(15)16-7)10(20)17-9-11(21)19-2-6(13(22)23)3-26-12(9)19/h2,4,9,12H,3,5H2,1H3,(H2,15,16)(H,17,20)(H,22,23)/t9?,12-/m1/s1. The molecule has 2 aliphatic rings. The van der Waals surface area contributed by atoms with E-state index in [1.165, 1.54) is 34.6 Å². The molecule has 3 rings (SSSR count). The predicted octanol–water partition coefficient (Wildman–Crippen LogP) is 0.135. The summed E-state index contributed by atoms with van der Waals surface area (Å²) in [5.74, 6) is -1.58. The number of carboxylic acids is 1. The van der Waals surface area contributed by atoms with Crippen molar-refractivity contribution in [2.24, 2.45) is 5.16 Å². The van der Waals surface area contributed by atoms with Crippen LogP contribution < -0.4 is 11.1 Å². The summed E-state index contributed by atoms with van der Waals surface area (Å²) >= 11 is 3.80. The normalized spacial score (nSPS) is 21.8. The number of carboxylic acid groups (broad SMARTS) is 1. The van der Waals surface area contributed by atoms with Gasteiger partial charge in [-0.05, 0) is 6.26 Å². The number of aromatic nitrogens is 1. The molecule has 1 fully saturated rings. The van der Waals surface area contributed by atoms with E-state index in [4.69, 9.17) is 15.7 Å². The van der Waals surface area contributed by atoms with Gasteiger partial charge in [-0.1, -0.05) is 5.16 Å². The molecule has 0 radical (unpaired) electrons. The quantitative estimate of drug-likeness (QED) is 0.181. The van der Waals surface area contributed by atoms with Gasteiger partial charge in [0.1, 0.15) is 17.1 Å². The first-order valence-electron chi connectivity index (χ1n) is 7.51. The molecule has 0 aromatic carbocycles. The fraction of sp³-hybridized carbons (Fsp3) is 0.357. The minimum Gasteiger partial charge on any atom is -0.478 e. The van der Waals surface area contributed by atoms with Gasteiger partial charge in [0, 0.05) is 17.3 Å². The molecule has 1 aromatic heterocycles. The SMILES string of the molecule is CSCON=C(C(=O)NC1C(=O)N2C=C(C(=O)O)CS[C@H]12)c1csc(N)n1. The van der Waals surface area contributed by atoms with E-state index in [9.17, 15) is 14.4 Å². The molecule has 144 valence electrons. The first-order valence-corrected chi connectivity index (χ1v) is 10.8. The van der Waals surface area contributed by atoms with E-state index in [-0.39, 0.29) is 45.1 Å². The average molecular weight is 430 g/mol. The Balaban J connectivity index is 1.72. The number of nitrogen functional groups attached to an aromatic ring is 1. The lowest BCUT2D eigenvalue weighted by atomic mass is 10.1. The van der Waals surface area contributed by atoms with Crippen LogP contribution in [-0.4, -0.2) is 67.8 Å². The molecule has 27 heavy (non-hydrogen) atoms. The van der Waals surface area contributed by atoms with Crippen molar-refractivity contribution in [3.8, 4) is 0 Å². The number of thiazole rings is 1. The Morgan fingerprint density at radius 3 is 3.00 bits per heavy atom. The molecule has 2 amide bonds. The molecule has 0 spiro atoms. The monoisotopic (exact) mass is 429 g/mol. The first kappa shape index (κ1) is 19.5. The molecular weight excluding hydrogens is 414 g/mol. The number of fused-ring (bicyclic) bond motifs is 1. The summed E-state index contributed by atoms with van der Waals surface area (Å²) in [6, 6.07) is -0.782. The van der Waals surface area contributed by atoms with Crippen LogP contribution in [0.15, 0.2) is 22.3 Å². The van der Waals surface area contributed by atoms with Crippen LogP contribution in [0.4, 0.5) is 5.13 Å². The molecule has 1 unspecified atom stereocenters. The molecule has 2 atom stereocenters. The number of hydrogen-bond acceptors (Lipinski definition) is 10. The minimum absolute atomic E-state index is 0.0779. The van der Waals surface area contributed by atoms with Gasteiger partial charge in [0.25, 0.3) is 11.8 Å². The highest BCUT2D eigenvalue weighted by Crippen LogP contribution is 2.36. The van der Waals surface area contributed by atoms with Crippen LogP contribution in [0.25, 0.3) is 0 Å². The van der Waals surface area contributed by atoms with Gasteiger partial charge >= 0.3 is 5.97 Å². The van der Waals surface area contributed by atoms with Crippen LogP contribution in [-0.2, 0) is 19.2 Å². The largest absolute Gasteiger partial charge is 0.478 e. The number of amides is 2. The van der Waals surface area contributed by atoms with Crippen LogP contribution in [0.3, 0.4) is 0 Å². The van der Waals surface area contributed by atoms with Crippen molar-refractivity contribution in [1.29, 1.82) is 0 Å². The molecule has 2 aliphatic heterocycles. The Labute approximate surface area is 166 Å². The van der Waals surface area contributed by atoms with Gasteiger partial charge in [-0.3, -0.25) is 9.59 Å². The van der Waals surface area contributed by atoms with E-state index < -0.39 is 17.9 Å². The summed E-state index contributed by atoms with van der Waals surface area (Å²) in [6.45, 7) is 0. The number of oxime groups is 1. The second kappa shape index (κ2) is 8.19. The van der Waals surface area contributed by atoms with Gasteiger partial charge in [0.05, 0.1) is 5.57 Å². The molecule has 0 saturated carbocycles. The number of nitrogens with zero attached hydrogens (tertiary/aromatic N) is 3. The summed E-state index contributed by atoms with van der Waals surface area (Å²) in [5, 5.41) is 17.0. The second-order valence-electron chi connectivity index (χ2n) is 5.40. The number of anilines is 1. The number of nitrogens with one attached hydrogen (secondary N) is 1. The number of carbonyl (C=O) groups is 3. The van der Waals surface area contributed by atoms with Crippen LogP contribution >= 0.6 is 34.9 Å². The topological polar surface area (TPSA) is 147 Å². The number of thioether (sulfide) groups is 2. The molecule has 0 aliphatic carbocycles. The third-order valence-corrected chi connectivity index (χ3v) is 5.99. The zero-order chi connectivity index (χ0) is 19.6. The van der Waals surface area contributed by atoms with Gasteiger partial charge in [0.2, 0.25) is 0 Å². The van der Waals surface area contributed by atoms with E-state index in [1.807, 2.05) is 6.26 Å². The highest BCUT2D eigenvalue weighted by Gasteiger charge is 2.50. The van der Waals surface area contributed by atoms with Crippen molar-refractivity contribution in [3.63, 3.8) is 0 Å². The Morgan fingerprint density at radius 2 is 2.37 bits per heavy atom. The highest BCUT2D eigenvalue weighted by atomic mass is 32.2. The highest BCUT2D eigenvalue weighted by molar-refractivity contribution is 8.00. The summed E-state index contributed by atoms with van der Waals surface area (Å²) in [6.07, 6.45) is 3.13. The zero-order valence-electron chi connectivity index (χ0n) is 13.9. The Hall–Kier alpha value is -2.25. The molecule has 0 bridgehead atoms. The van der Waals surface area contributed by atoms with Gasteiger partial charge in [-0.25, -0.2) is 9.78 Å². The fourth-order valence-electron chi connectivity index (χ4n) is 2.38. The average Bonchev–Trinajstić information content (AvgIpc) is 3.08. The first-order chi connectivity index (χ1) is 12.9. The molecule has 3 heterocycles. The number of β-lactam (4-membered cyclic amide) rings is 1. The minimum atomic E-state index is -1.07. The molecule has 13 heteroatoms. The van der Waals surface area contributed by atoms with Gasteiger partial charge < -0.3 is 25.9 Å². The van der Waals surface area contributed by atoms with Crippen LogP contribution in [0.2, 0.25) is 0 Å². The van der Waals surface area contributed by atoms with Crippen molar-refractivity contribution in [3.05, 3.63) is 22.8 Å². The Bertz CT molecular complexity index is 839. The number of hydrogen-bond donors (Lipinski definition) is 3. The van der Waals surface area contributed by atoms with E-state index in [0.29, 0.717) is 0 Å². The summed E-state index contributed by atoms with van der Waals surface area (Å²) in [5.41, 5.74) is 5.93. The zero-order valence-corrected chi connectivity index (χ0v) is 16.4. The Kier molecular flexibility index (Phi) is 5.92. The number of rotatable bonds is 7. The Morgan fingerprint density at radius 1 is 1.59 bits per heavy atom. The third-order valence-electron chi connectivity index (χ3n) is 3.65. The lowest BCUT2D eigenvalue weighted by Gasteiger charge is -2.46. The maximum atomic E-state index is 12.6. The number of carbonyl (C=O) groups excluding carboxylic acids is 2. The summed E-state index contributed by atoms with van der Waals surface area (Å²) in [7, 11) is 0. The van der Waals surface area contributed by atoms with E-state index in [1.54, 1.807) is 5.38 Å². The van der Waals surface area contributed by atoms with Crippen LogP contribution in [0, 0.1) is 0 Å². The van der Waals surface area contributed by atoms with Crippen molar-refractivity contribution >= 4 is 63.5 Å². The molecule has 1 aromatic rings. The van der Waals surface area contributed by atoms with Crippen molar-refractivity contribution in [1.82, 2.24) is 15.2 Å². The molecule has 10 nitrogen and oxygen atoms in total. The fourth-order valence-corrected chi connectivity index (χ4v) is 4.34. The summed E-state index contributed by atoms with van der Waals surface area (Å²) in [4.78, 5) is 46.4. The third kappa shape index (κ3) is 4.04. The molecule has 4 N–H and O–H groups in total. The molecule has 1 saturated heterocycles. The second-order valence-corrected chi connectivity index (χ2v) is 8.21. The van der Waals surface area contributed by atoms with E-state index >= 15 is 0 Å². The maximum Gasteiger partial charge on any atom is 0.333 e. The van der Waals surface area contributed by atoms with Crippen LogP contribution in [0.1, 0.15) is 5.69 Å².